The molecule has 0 saturated heterocycles. The molecule has 4 heteroatoms. The van der Waals surface area contributed by atoms with Gasteiger partial charge in [0.25, 0.3) is 0 Å². The van der Waals surface area contributed by atoms with Crippen molar-refractivity contribution >= 4 is 12.4 Å². The Balaban J connectivity index is 3.22. The highest BCUT2D eigenvalue weighted by Crippen LogP contribution is 2.14. The summed E-state index contributed by atoms with van der Waals surface area (Å²) in [7, 11) is 0. The largest absolute Gasteiger partial charge is 0.509 e. The van der Waals surface area contributed by atoms with Crippen LogP contribution in [-0.4, -0.2) is 6.98 Å². The first kappa shape index (κ1) is 11.2. The molecule has 0 spiro atoms. The van der Waals surface area contributed by atoms with Gasteiger partial charge in [0.15, 0.2) is 0 Å². The van der Waals surface area contributed by atoms with Gasteiger partial charge in [0, 0.05) is 0 Å². The fraction of sp³-hybridized carbons (Fsp3) is 0.400. The van der Waals surface area contributed by atoms with E-state index in [1.165, 1.54) is 6.07 Å². The summed E-state index contributed by atoms with van der Waals surface area (Å²) in [6.45, 7) is -1.27. The normalized spacial score (nSPS) is 11.8. The van der Waals surface area contributed by atoms with Crippen molar-refractivity contribution in [1.29, 1.82) is 0 Å². The fourth-order valence-electron chi connectivity index (χ4n) is 1.49. The van der Waals surface area contributed by atoms with Crippen LogP contribution in [0.3, 0.4) is 0 Å². The van der Waals surface area contributed by atoms with Gasteiger partial charge < -0.3 is 12.9 Å². The molecule has 0 heterocycles. The third-order valence-electron chi connectivity index (χ3n) is 2.35. The van der Waals surface area contributed by atoms with Crippen LogP contribution in [0.15, 0.2) is 18.2 Å². The maximum Gasteiger partial charge on any atom is 0.509 e. The number of aryl methyl sites for hydroxylation is 2. The molecule has 0 bridgehead atoms. The molecule has 0 saturated carbocycles. The minimum atomic E-state index is -4.87. The summed E-state index contributed by atoms with van der Waals surface area (Å²) in [4.78, 5) is 0. The van der Waals surface area contributed by atoms with Gasteiger partial charge in [-0.15, -0.1) is 5.46 Å². The molecule has 0 aliphatic heterocycles. The Bertz CT molecular complexity index is 318. The molecule has 0 aliphatic rings. The van der Waals surface area contributed by atoms with Crippen molar-refractivity contribution in [3.8, 4) is 0 Å². The van der Waals surface area contributed by atoms with Crippen LogP contribution in [0.5, 0.6) is 0 Å². The van der Waals surface area contributed by atoms with Gasteiger partial charge in [-0.3, -0.25) is 0 Å². The van der Waals surface area contributed by atoms with Gasteiger partial charge in [-0.25, -0.2) is 0 Å². The van der Waals surface area contributed by atoms with Gasteiger partial charge in [0.05, 0.1) is 0 Å². The lowest BCUT2D eigenvalue weighted by atomic mass is 9.75. The molecular formula is C10H13BF3-. The van der Waals surface area contributed by atoms with Crippen molar-refractivity contribution in [3.05, 3.63) is 29.3 Å². The topological polar surface area (TPSA) is 0 Å². The Labute approximate surface area is 82.2 Å². The fourth-order valence-corrected chi connectivity index (χ4v) is 1.49. The van der Waals surface area contributed by atoms with E-state index in [2.05, 4.69) is 0 Å². The number of halogens is 3. The molecule has 0 aromatic heterocycles. The number of hydrogen-bond acceptors (Lipinski definition) is 0. The summed E-state index contributed by atoms with van der Waals surface area (Å²) in [5, 5.41) is 0. The number of benzene rings is 1. The number of hydrogen-bond donors (Lipinski definition) is 0. The molecule has 0 atom stereocenters. The molecule has 14 heavy (non-hydrogen) atoms. The Morgan fingerprint density at radius 1 is 1.07 bits per heavy atom. The quantitative estimate of drug-likeness (QED) is 0.659. The second-order valence-corrected chi connectivity index (χ2v) is 3.32. The van der Waals surface area contributed by atoms with Crippen molar-refractivity contribution in [2.75, 3.05) is 0 Å². The zero-order valence-electron chi connectivity index (χ0n) is 8.36. The highest BCUT2D eigenvalue weighted by atomic mass is 19.4. The Kier molecular flexibility index (Phi) is 3.24. The van der Waals surface area contributed by atoms with Crippen molar-refractivity contribution in [2.24, 2.45) is 0 Å². The summed E-state index contributed by atoms with van der Waals surface area (Å²) in [5.74, 6) is 0. The summed E-state index contributed by atoms with van der Waals surface area (Å²) < 4.78 is 37.8. The van der Waals surface area contributed by atoms with Gasteiger partial charge in [0.1, 0.15) is 0 Å². The average molecular weight is 201 g/mol. The van der Waals surface area contributed by atoms with E-state index >= 15 is 0 Å². The molecule has 0 fully saturated rings. The summed E-state index contributed by atoms with van der Waals surface area (Å²) in [6.07, 6.45) is 1.07. The van der Waals surface area contributed by atoms with Crippen molar-refractivity contribution in [1.82, 2.24) is 0 Å². The Hall–Kier alpha value is -0.925. The third-order valence-corrected chi connectivity index (χ3v) is 2.35. The van der Waals surface area contributed by atoms with Crippen LogP contribution in [0.25, 0.3) is 0 Å². The van der Waals surface area contributed by atoms with Crippen LogP contribution in [0, 0.1) is 0 Å². The van der Waals surface area contributed by atoms with E-state index < -0.39 is 12.4 Å². The molecule has 0 amide bonds. The predicted octanol–water partition coefficient (Wildman–Crippen LogP) is 2.87. The van der Waals surface area contributed by atoms with Crippen LogP contribution in [0.1, 0.15) is 25.0 Å². The smallest absolute Gasteiger partial charge is 0.445 e. The summed E-state index contributed by atoms with van der Waals surface area (Å²) in [6, 6.07) is 4.63. The SMILES string of the molecule is CCc1ccc(CC)c([B-](F)(F)F)c1. The second-order valence-electron chi connectivity index (χ2n) is 3.32. The van der Waals surface area contributed by atoms with Gasteiger partial charge in [0.2, 0.25) is 0 Å². The highest BCUT2D eigenvalue weighted by molar-refractivity contribution is 6.74. The van der Waals surface area contributed by atoms with Crippen LogP contribution in [-0.2, 0) is 12.8 Å². The predicted molar refractivity (Wildman–Crippen MR) is 53.9 cm³/mol. The lowest BCUT2D eigenvalue weighted by Gasteiger charge is -2.20. The molecule has 0 aliphatic carbocycles. The Morgan fingerprint density at radius 2 is 1.71 bits per heavy atom. The Morgan fingerprint density at radius 3 is 2.14 bits per heavy atom. The van der Waals surface area contributed by atoms with E-state index in [0.717, 1.165) is 5.56 Å². The molecule has 0 radical (unpaired) electrons. The molecule has 0 unspecified atom stereocenters. The van der Waals surface area contributed by atoms with Gasteiger partial charge in [-0.2, -0.15) is 0 Å². The minimum Gasteiger partial charge on any atom is -0.445 e. The van der Waals surface area contributed by atoms with Gasteiger partial charge in [-0.1, -0.05) is 43.2 Å². The van der Waals surface area contributed by atoms with E-state index in [4.69, 9.17) is 0 Å². The first-order valence-corrected chi connectivity index (χ1v) is 4.80. The monoisotopic (exact) mass is 201 g/mol. The second kappa shape index (κ2) is 4.07. The number of rotatable bonds is 3. The average Bonchev–Trinajstić information content (AvgIpc) is 2.15. The first-order valence-electron chi connectivity index (χ1n) is 4.80. The molecule has 1 rings (SSSR count). The highest BCUT2D eigenvalue weighted by Gasteiger charge is 2.27. The van der Waals surface area contributed by atoms with E-state index in [9.17, 15) is 12.9 Å². The van der Waals surface area contributed by atoms with Crippen LogP contribution >= 0.6 is 0 Å². The van der Waals surface area contributed by atoms with Crippen LogP contribution in [0.4, 0.5) is 12.9 Å². The van der Waals surface area contributed by atoms with Crippen LogP contribution in [0.2, 0.25) is 0 Å². The van der Waals surface area contributed by atoms with E-state index in [1.807, 2.05) is 6.92 Å². The van der Waals surface area contributed by atoms with Crippen molar-refractivity contribution in [2.45, 2.75) is 26.7 Å². The lowest BCUT2D eigenvalue weighted by molar-refractivity contribution is 0.500. The van der Waals surface area contributed by atoms with E-state index in [-0.39, 0.29) is 0 Å². The van der Waals surface area contributed by atoms with Crippen molar-refractivity contribution in [3.63, 3.8) is 0 Å². The van der Waals surface area contributed by atoms with Gasteiger partial charge >= 0.3 is 6.98 Å². The molecule has 78 valence electrons. The van der Waals surface area contributed by atoms with E-state index in [0.29, 0.717) is 18.4 Å². The zero-order chi connectivity index (χ0) is 10.8. The molecule has 1 aromatic rings. The summed E-state index contributed by atoms with van der Waals surface area (Å²) >= 11 is 0. The minimum absolute atomic E-state index is 0.398. The zero-order valence-corrected chi connectivity index (χ0v) is 8.36. The maximum atomic E-state index is 12.6. The maximum absolute atomic E-state index is 12.6. The molecule has 0 nitrogen and oxygen atoms in total. The van der Waals surface area contributed by atoms with E-state index in [1.54, 1.807) is 19.1 Å². The van der Waals surface area contributed by atoms with Gasteiger partial charge in [-0.05, 0) is 12.8 Å². The van der Waals surface area contributed by atoms with Crippen molar-refractivity contribution < 1.29 is 12.9 Å². The van der Waals surface area contributed by atoms with Crippen LogP contribution < -0.4 is 5.46 Å². The summed E-state index contributed by atoms with van der Waals surface area (Å²) in [5.41, 5.74) is 0.720. The molecule has 1 aromatic carbocycles. The standard InChI is InChI=1S/C10H13BF3/c1-3-8-5-6-9(4-2)10(7-8)11(12,13)14/h5-7H,3-4H2,1-2H3/q-1. The first-order chi connectivity index (χ1) is 6.49. The molecule has 0 N–H and O–H groups in total. The molecular weight excluding hydrogens is 188 g/mol. The third kappa shape index (κ3) is 2.31. The lowest BCUT2D eigenvalue weighted by Crippen LogP contribution is -2.37.